The fourth-order valence-corrected chi connectivity index (χ4v) is 8.71. The van der Waals surface area contributed by atoms with Crippen molar-refractivity contribution < 1.29 is 19.1 Å². The maximum atomic E-state index is 13.0. The monoisotopic (exact) mass is 748 g/mol. The van der Waals surface area contributed by atoms with Crippen LogP contribution in [-0.2, 0) is 9.59 Å². The Morgan fingerprint density at radius 3 is 2.35 bits per heavy atom. The van der Waals surface area contributed by atoms with E-state index < -0.39 is 0 Å². The number of anilines is 3. The molecule has 1 saturated carbocycles. The van der Waals surface area contributed by atoms with Crippen molar-refractivity contribution in [3.63, 3.8) is 0 Å². The topological polar surface area (TPSA) is 141 Å². The Balaban J connectivity index is 0.768. The Bertz CT molecular complexity index is 1980. The lowest BCUT2D eigenvalue weighted by Gasteiger charge is -2.43. The Labute approximate surface area is 322 Å². The maximum absolute atomic E-state index is 13.0. The van der Waals surface area contributed by atoms with E-state index in [-0.39, 0.29) is 29.7 Å². The number of carbonyl (C=O) groups is 3. The van der Waals surface area contributed by atoms with Gasteiger partial charge in [0.25, 0.3) is 5.91 Å². The molecule has 1 aliphatic carbocycles. The molecule has 6 heterocycles. The summed E-state index contributed by atoms with van der Waals surface area (Å²) < 4.78 is 8.19. The Kier molecular flexibility index (Phi) is 11.0. The van der Waals surface area contributed by atoms with Crippen LogP contribution in [0.1, 0.15) is 79.4 Å². The quantitative estimate of drug-likeness (QED) is 0.209. The summed E-state index contributed by atoms with van der Waals surface area (Å²) in [4.78, 5) is 60.0. The smallest absolute Gasteiger partial charge is 0.270 e. The fraction of sp³-hybridized carbons (Fsp3) is 0.512. The zero-order chi connectivity index (χ0) is 37.9. The van der Waals surface area contributed by atoms with Crippen LogP contribution in [0.25, 0.3) is 11.0 Å². The summed E-state index contributed by atoms with van der Waals surface area (Å²) in [7, 11) is 3.56. The van der Waals surface area contributed by atoms with Gasteiger partial charge in [-0.25, -0.2) is 9.97 Å². The summed E-state index contributed by atoms with van der Waals surface area (Å²) in [6, 6.07) is 14.9. The number of imide groups is 1. The Morgan fingerprint density at radius 2 is 1.65 bits per heavy atom. The summed E-state index contributed by atoms with van der Waals surface area (Å²) in [6.07, 6.45) is 11.2. The van der Waals surface area contributed by atoms with Crippen LogP contribution in [0.3, 0.4) is 0 Å². The van der Waals surface area contributed by atoms with Crippen molar-refractivity contribution in [2.75, 3.05) is 76.7 Å². The van der Waals surface area contributed by atoms with Gasteiger partial charge in [-0.05, 0) is 68.0 Å². The molecule has 0 bridgehead atoms. The highest BCUT2D eigenvalue weighted by Gasteiger charge is 2.30. The Hall–Kier alpha value is -5.08. The molecule has 3 amide bonds. The third-order valence-electron chi connectivity index (χ3n) is 11.8. The second-order valence-corrected chi connectivity index (χ2v) is 15.6. The molecule has 1 atom stereocenters. The molecule has 14 nitrogen and oxygen atoms in total. The molecule has 0 spiro atoms. The van der Waals surface area contributed by atoms with Gasteiger partial charge in [-0.3, -0.25) is 29.5 Å². The van der Waals surface area contributed by atoms with Crippen LogP contribution in [0.2, 0.25) is 0 Å². The lowest BCUT2D eigenvalue weighted by atomic mass is 9.90. The van der Waals surface area contributed by atoms with Crippen LogP contribution in [-0.4, -0.2) is 124 Å². The van der Waals surface area contributed by atoms with Gasteiger partial charge in [0.2, 0.25) is 17.8 Å². The van der Waals surface area contributed by atoms with E-state index in [1.54, 1.807) is 31.4 Å². The van der Waals surface area contributed by atoms with Crippen LogP contribution in [0.5, 0.6) is 5.75 Å². The molecule has 0 radical (unpaired) electrons. The summed E-state index contributed by atoms with van der Waals surface area (Å²) in [5, 5.41) is 6.56. The molecule has 4 aliphatic rings. The van der Waals surface area contributed by atoms with E-state index in [2.05, 4.69) is 52.0 Å². The number of pyridine rings is 1. The minimum atomic E-state index is -0.239. The van der Waals surface area contributed by atoms with Gasteiger partial charge < -0.3 is 24.4 Å². The van der Waals surface area contributed by atoms with Gasteiger partial charge in [-0.2, -0.15) is 4.98 Å². The molecule has 4 aromatic rings. The number of rotatable bonds is 11. The van der Waals surface area contributed by atoms with E-state index in [4.69, 9.17) is 9.72 Å². The largest absolute Gasteiger partial charge is 0.491 e. The highest BCUT2D eigenvalue weighted by molar-refractivity contribution is 6.01. The lowest BCUT2D eigenvalue weighted by molar-refractivity contribution is -0.134. The summed E-state index contributed by atoms with van der Waals surface area (Å²) in [6.45, 7) is 7.72. The number of nitrogens with one attached hydrogen (secondary N) is 2. The number of amides is 3. The normalized spacial score (nSPS) is 20.5. The Morgan fingerprint density at radius 1 is 0.891 bits per heavy atom. The molecule has 2 N–H and O–H groups in total. The minimum absolute atomic E-state index is 0.0260. The number of carbonyl (C=O) groups excluding carboxylic acids is 3. The zero-order valence-electron chi connectivity index (χ0n) is 32.0. The molecule has 3 saturated heterocycles. The lowest BCUT2D eigenvalue weighted by Crippen LogP contribution is -2.53. The number of nitrogens with zero attached hydrogens (tertiary/aromatic N) is 8. The standard InChI is InChI=1S/C41H52N10O4/c1-47(2)40(54)35-25-29-26-43-41(46-38(29)51(35)32-5-3-4-6-32)44-36-13-11-33(27-42-36)55-24-23-48-19-21-50(22-20-48)31-15-17-49(18-16-31)30-9-7-28(8-10-30)34-12-14-37(52)45-39(34)53/h7-11,13,25-27,31-32,34H,3-6,12,14-24H2,1-2H3,(H,45,52,53)(H,42,43,44,46). The van der Waals surface area contributed by atoms with E-state index in [1.165, 1.54) is 5.69 Å². The van der Waals surface area contributed by atoms with Crippen molar-refractivity contribution in [1.82, 2.24) is 39.5 Å². The molecule has 290 valence electrons. The van der Waals surface area contributed by atoms with Crippen LogP contribution < -0.4 is 20.3 Å². The van der Waals surface area contributed by atoms with Gasteiger partial charge in [0.05, 0.1) is 12.1 Å². The second kappa shape index (κ2) is 16.3. The molecule has 55 heavy (non-hydrogen) atoms. The second-order valence-electron chi connectivity index (χ2n) is 15.6. The molecule has 1 unspecified atom stereocenters. The first kappa shape index (κ1) is 36.9. The molecule has 4 fully saturated rings. The van der Waals surface area contributed by atoms with Crippen molar-refractivity contribution in [2.24, 2.45) is 0 Å². The molecular weight excluding hydrogens is 697 g/mol. The first-order valence-electron chi connectivity index (χ1n) is 19.9. The number of benzene rings is 1. The van der Waals surface area contributed by atoms with E-state index in [0.717, 1.165) is 107 Å². The van der Waals surface area contributed by atoms with Crippen LogP contribution in [0.4, 0.5) is 17.5 Å². The minimum Gasteiger partial charge on any atom is -0.491 e. The van der Waals surface area contributed by atoms with Gasteiger partial charge >= 0.3 is 0 Å². The van der Waals surface area contributed by atoms with Crippen molar-refractivity contribution >= 4 is 46.2 Å². The van der Waals surface area contributed by atoms with Gasteiger partial charge in [-0.15, -0.1) is 0 Å². The van der Waals surface area contributed by atoms with Crippen molar-refractivity contribution in [1.29, 1.82) is 0 Å². The van der Waals surface area contributed by atoms with E-state index in [9.17, 15) is 14.4 Å². The van der Waals surface area contributed by atoms with Crippen molar-refractivity contribution in [3.05, 3.63) is 66.1 Å². The molecule has 14 heteroatoms. The molecular formula is C41H52N10O4. The number of piperazine rings is 1. The van der Waals surface area contributed by atoms with Crippen LogP contribution in [0.15, 0.2) is 54.9 Å². The zero-order valence-corrected chi connectivity index (χ0v) is 32.0. The van der Waals surface area contributed by atoms with Crippen LogP contribution in [0, 0.1) is 0 Å². The number of hydrogen-bond donors (Lipinski definition) is 2. The van der Waals surface area contributed by atoms with E-state index >= 15 is 0 Å². The molecule has 1 aromatic carbocycles. The molecule has 3 aliphatic heterocycles. The molecule has 8 rings (SSSR count). The van der Waals surface area contributed by atoms with Gasteiger partial charge in [0, 0.05) is 95.7 Å². The highest BCUT2D eigenvalue weighted by Crippen LogP contribution is 2.35. The van der Waals surface area contributed by atoms with Crippen molar-refractivity contribution in [3.8, 4) is 5.75 Å². The first-order chi connectivity index (χ1) is 26.8. The predicted molar refractivity (Wildman–Crippen MR) is 211 cm³/mol. The number of fused-ring (bicyclic) bond motifs is 1. The number of ether oxygens (including phenoxy) is 1. The average molecular weight is 749 g/mol. The van der Waals surface area contributed by atoms with Gasteiger partial charge in [0.15, 0.2) is 0 Å². The third-order valence-corrected chi connectivity index (χ3v) is 11.8. The van der Waals surface area contributed by atoms with Crippen molar-refractivity contribution in [2.45, 2.75) is 69.4 Å². The third kappa shape index (κ3) is 8.30. The van der Waals surface area contributed by atoms with Gasteiger partial charge in [0.1, 0.15) is 29.5 Å². The summed E-state index contributed by atoms with van der Waals surface area (Å²) >= 11 is 0. The maximum Gasteiger partial charge on any atom is 0.270 e. The number of hydrogen-bond acceptors (Lipinski definition) is 11. The number of aromatic nitrogens is 4. The summed E-state index contributed by atoms with van der Waals surface area (Å²) in [5.74, 6) is 1.16. The average Bonchev–Trinajstić information content (AvgIpc) is 3.87. The number of piperidine rings is 2. The van der Waals surface area contributed by atoms with E-state index in [0.29, 0.717) is 43.0 Å². The fourth-order valence-electron chi connectivity index (χ4n) is 8.71. The SMILES string of the molecule is CN(C)C(=O)c1cc2cnc(Nc3ccc(OCCN4CCN(C5CCN(c6ccc(C7CCC(=O)NC7=O)cc6)CC5)CC4)cn3)nc2n1C1CCCC1. The van der Waals surface area contributed by atoms with Gasteiger partial charge in [-0.1, -0.05) is 25.0 Å². The van der Waals surface area contributed by atoms with E-state index in [1.807, 2.05) is 30.3 Å². The summed E-state index contributed by atoms with van der Waals surface area (Å²) in [5.41, 5.74) is 3.61. The van der Waals surface area contributed by atoms with Crippen LogP contribution >= 0.6 is 0 Å². The first-order valence-corrected chi connectivity index (χ1v) is 19.9. The molecule has 3 aromatic heterocycles. The highest BCUT2D eigenvalue weighted by atomic mass is 16.5. The predicted octanol–water partition coefficient (Wildman–Crippen LogP) is 4.57.